The van der Waals surface area contributed by atoms with Crippen LogP contribution in [0.4, 0.5) is 0 Å². The number of fused-ring (bicyclic) bond motifs is 2. The minimum absolute atomic E-state index is 0.0536. The molecule has 0 radical (unpaired) electrons. The van der Waals surface area contributed by atoms with E-state index in [9.17, 15) is 60.7 Å². The summed E-state index contributed by atoms with van der Waals surface area (Å²) >= 11 is 0. The number of hydrogen-bond acceptors (Lipinski definition) is 15. The van der Waals surface area contributed by atoms with Crippen LogP contribution in [0.1, 0.15) is 5.56 Å². The van der Waals surface area contributed by atoms with Crippen LogP contribution < -0.4 is 0 Å². The van der Waals surface area contributed by atoms with E-state index >= 15 is 0 Å². The summed E-state index contributed by atoms with van der Waals surface area (Å²) in [4.78, 5) is 27.3. The Morgan fingerprint density at radius 2 is 1.45 bits per heavy atom. The molecular formula is C27H30O15. The number of carbonyl (C=O) groups is 2. The second-order valence-corrected chi connectivity index (χ2v) is 10.4. The number of aliphatic hydroxyl groups is 9. The van der Waals surface area contributed by atoms with Gasteiger partial charge in [-0.25, -0.2) is 0 Å². The predicted molar refractivity (Wildman–Crippen MR) is 135 cm³/mol. The number of rotatable bonds is 6. The maximum atomic E-state index is 13.9. The van der Waals surface area contributed by atoms with Gasteiger partial charge in [0, 0.05) is 0 Å². The van der Waals surface area contributed by atoms with Gasteiger partial charge >= 0.3 is 0 Å². The van der Waals surface area contributed by atoms with E-state index in [1.807, 2.05) is 0 Å². The van der Waals surface area contributed by atoms with E-state index in [1.165, 1.54) is 30.3 Å². The molecule has 42 heavy (non-hydrogen) atoms. The molecular weight excluding hydrogens is 564 g/mol. The standard InChI is InChI=1S/C27H30O15/c28-7-12-17(33)20(36)23-22(40-12)15-18(34)14(11(31)6-3-9-1-4-10(30)5-2-9)24(38)27(39,25(15)42-23)26-21(37)19(35)16(32)13(8-29)41-26/h1-6,12-13,16-17,19-23,26,28-30,32-37,39H,7-8H2/b6-3-/t12-,13-,16-,17-,19+,20+,21-,22+,23-,26-,27+/m1/s1. The lowest BCUT2D eigenvalue weighted by Crippen LogP contribution is -2.68. The number of carbonyl (C=O) groups excluding carboxylic acids is 2. The monoisotopic (exact) mass is 594 g/mol. The van der Waals surface area contributed by atoms with E-state index in [4.69, 9.17) is 14.2 Å². The zero-order valence-corrected chi connectivity index (χ0v) is 21.7. The third kappa shape index (κ3) is 4.55. The lowest BCUT2D eigenvalue weighted by molar-refractivity contribution is -0.266. The van der Waals surface area contributed by atoms with Gasteiger partial charge in [0.15, 0.2) is 11.9 Å². The Kier molecular flexibility index (Phi) is 8.01. The van der Waals surface area contributed by atoms with Crippen LogP contribution in [-0.2, 0) is 23.8 Å². The fourth-order valence-electron chi connectivity index (χ4n) is 5.63. The molecule has 10 N–H and O–H groups in total. The van der Waals surface area contributed by atoms with Gasteiger partial charge in [0.2, 0.25) is 11.4 Å². The molecule has 15 heteroatoms. The number of benzene rings is 1. The van der Waals surface area contributed by atoms with Crippen molar-refractivity contribution in [1.82, 2.24) is 0 Å². The minimum atomic E-state index is -3.22. The van der Waals surface area contributed by atoms with Gasteiger partial charge in [-0.05, 0) is 23.8 Å². The van der Waals surface area contributed by atoms with Crippen molar-refractivity contribution in [3.63, 3.8) is 0 Å². The summed E-state index contributed by atoms with van der Waals surface area (Å²) in [5.41, 5.74) is -4.38. The number of allylic oxidation sites excluding steroid dienone is 1. The molecule has 0 spiro atoms. The van der Waals surface area contributed by atoms with E-state index < -0.39 is 114 Å². The third-order valence-corrected chi connectivity index (χ3v) is 7.93. The summed E-state index contributed by atoms with van der Waals surface area (Å²) in [6.45, 7) is -1.73. The van der Waals surface area contributed by atoms with Crippen LogP contribution in [0, 0.1) is 0 Å². The normalized spacial score (nSPS) is 40.2. The van der Waals surface area contributed by atoms with Crippen LogP contribution in [-0.4, -0.2) is 142 Å². The van der Waals surface area contributed by atoms with E-state index in [0.717, 1.165) is 6.08 Å². The number of aromatic hydroxyl groups is 1. The van der Waals surface area contributed by atoms with E-state index in [1.54, 1.807) is 0 Å². The number of phenolic OH excluding ortho intramolecular Hbond substituents is 1. The molecule has 0 amide bonds. The Labute approximate surface area is 237 Å². The van der Waals surface area contributed by atoms with Crippen LogP contribution in [0.5, 0.6) is 5.75 Å². The molecule has 11 atom stereocenters. The molecule has 2 fully saturated rings. The molecule has 0 aromatic heterocycles. The average molecular weight is 595 g/mol. The van der Waals surface area contributed by atoms with Crippen LogP contribution in [0.25, 0.3) is 6.08 Å². The molecule has 0 saturated carbocycles. The highest BCUT2D eigenvalue weighted by molar-refractivity contribution is 6.29. The lowest BCUT2D eigenvalue weighted by atomic mass is 9.73. The molecule has 5 rings (SSSR count). The number of aliphatic hydroxyl groups excluding tert-OH is 8. The Bertz CT molecular complexity index is 1330. The Balaban J connectivity index is 1.64. The summed E-state index contributed by atoms with van der Waals surface area (Å²) in [7, 11) is 0. The molecule has 1 aromatic carbocycles. The second-order valence-electron chi connectivity index (χ2n) is 10.4. The summed E-state index contributed by atoms with van der Waals surface area (Å²) in [6.07, 6.45) is -16.0. The van der Waals surface area contributed by atoms with Gasteiger partial charge in [0.05, 0.1) is 18.8 Å². The fourth-order valence-corrected chi connectivity index (χ4v) is 5.63. The molecule has 0 unspecified atom stereocenters. The van der Waals surface area contributed by atoms with Crippen molar-refractivity contribution < 1.29 is 74.9 Å². The summed E-state index contributed by atoms with van der Waals surface area (Å²) in [5, 5.41) is 105. The Morgan fingerprint density at radius 1 is 0.857 bits per heavy atom. The van der Waals surface area contributed by atoms with Crippen molar-refractivity contribution >= 4 is 17.6 Å². The average Bonchev–Trinajstić information content (AvgIpc) is 3.37. The first-order valence-electron chi connectivity index (χ1n) is 12.9. The molecule has 228 valence electrons. The number of ether oxygens (including phenoxy) is 3. The fraction of sp³-hybridized carbons (Fsp3) is 0.481. The van der Waals surface area contributed by atoms with E-state index in [-0.39, 0.29) is 5.75 Å². The number of phenols is 1. The van der Waals surface area contributed by atoms with Crippen molar-refractivity contribution in [1.29, 1.82) is 0 Å². The van der Waals surface area contributed by atoms with Gasteiger partial charge in [0.1, 0.15) is 77.8 Å². The summed E-state index contributed by atoms with van der Waals surface area (Å²) in [5.74, 6) is -4.64. The lowest BCUT2D eigenvalue weighted by Gasteiger charge is -2.47. The van der Waals surface area contributed by atoms with Crippen LogP contribution in [0.3, 0.4) is 0 Å². The van der Waals surface area contributed by atoms with Gasteiger partial charge < -0.3 is 65.3 Å². The highest BCUT2D eigenvalue weighted by Crippen LogP contribution is 2.50. The highest BCUT2D eigenvalue weighted by atomic mass is 16.6. The molecule has 15 nitrogen and oxygen atoms in total. The maximum Gasteiger partial charge on any atom is 0.214 e. The van der Waals surface area contributed by atoms with Crippen molar-refractivity contribution in [2.45, 2.75) is 66.6 Å². The Hall–Kier alpha value is -3.22. The van der Waals surface area contributed by atoms with Gasteiger partial charge in [-0.3, -0.25) is 9.59 Å². The summed E-state index contributed by atoms with van der Waals surface area (Å²) in [6, 6.07) is 5.53. The predicted octanol–water partition coefficient (Wildman–Crippen LogP) is -3.92. The number of ketones is 2. The first-order chi connectivity index (χ1) is 19.9. The van der Waals surface area contributed by atoms with Crippen molar-refractivity contribution in [3.8, 4) is 5.75 Å². The van der Waals surface area contributed by atoms with Crippen LogP contribution in [0.2, 0.25) is 0 Å². The van der Waals surface area contributed by atoms with Gasteiger partial charge in [-0.1, -0.05) is 18.2 Å². The number of hydrogen-bond donors (Lipinski definition) is 10. The van der Waals surface area contributed by atoms with Crippen molar-refractivity contribution in [2.75, 3.05) is 13.2 Å². The smallest absolute Gasteiger partial charge is 0.214 e. The highest BCUT2D eigenvalue weighted by Gasteiger charge is 2.67. The number of Topliss-reactive ketones (excluding diaryl/α,β-unsaturated/α-hetero) is 1. The van der Waals surface area contributed by atoms with Crippen LogP contribution in [0.15, 0.2) is 53.0 Å². The van der Waals surface area contributed by atoms with Crippen LogP contribution >= 0.6 is 0 Å². The zero-order chi connectivity index (χ0) is 30.7. The largest absolute Gasteiger partial charge is 0.508 e. The van der Waals surface area contributed by atoms with Crippen molar-refractivity contribution in [3.05, 3.63) is 58.6 Å². The second kappa shape index (κ2) is 11.1. The molecule has 3 aliphatic heterocycles. The molecule has 2 saturated heterocycles. The van der Waals surface area contributed by atoms with Gasteiger partial charge in [-0.15, -0.1) is 0 Å². The third-order valence-electron chi connectivity index (χ3n) is 7.93. The Morgan fingerprint density at radius 3 is 2.07 bits per heavy atom. The summed E-state index contributed by atoms with van der Waals surface area (Å²) < 4.78 is 16.7. The van der Waals surface area contributed by atoms with Gasteiger partial charge in [0.25, 0.3) is 0 Å². The quantitative estimate of drug-likeness (QED) is 0.111. The van der Waals surface area contributed by atoms with Gasteiger partial charge in [-0.2, -0.15) is 0 Å². The first-order valence-corrected chi connectivity index (χ1v) is 12.9. The topological polar surface area (TPSA) is 264 Å². The molecule has 1 aliphatic carbocycles. The zero-order valence-electron chi connectivity index (χ0n) is 21.7. The molecule has 0 bridgehead atoms. The van der Waals surface area contributed by atoms with E-state index in [2.05, 4.69) is 0 Å². The first kappa shape index (κ1) is 30.2. The molecule has 1 aromatic rings. The minimum Gasteiger partial charge on any atom is -0.508 e. The van der Waals surface area contributed by atoms with E-state index in [0.29, 0.717) is 5.56 Å². The maximum absolute atomic E-state index is 13.9. The molecule has 4 aliphatic rings. The molecule has 3 heterocycles. The van der Waals surface area contributed by atoms with Crippen molar-refractivity contribution in [2.24, 2.45) is 0 Å². The SMILES string of the molecule is O=C(/C=C\c1ccc(O)cc1)C1=C(O)C2=C(O[C@@H]3[C@@H](O)[C@H](O)[C@@H](CO)O[C@@H]23)[C@](O)([C@@H]2O[C@H](CO)[C@@H](O)[C@H](O)[C@H]2O)C1=O.